The van der Waals surface area contributed by atoms with Crippen molar-refractivity contribution in [1.82, 2.24) is 19.2 Å². The Morgan fingerprint density at radius 1 is 1.08 bits per heavy atom. The lowest BCUT2D eigenvalue weighted by Crippen LogP contribution is -2.35. The molecule has 0 bridgehead atoms. The molecule has 194 valence electrons. The zero-order valence-electron chi connectivity index (χ0n) is 20.6. The summed E-state index contributed by atoms with van der Waals surface area (Å²) in [5, 5.41) is 4.47. The third-order valence-electron chi connectivity index (χ3n) is 6.84. The van der Waals surface area contributed by atoms with Crippen LogP contribution in [-0.4, -0.2) is 45.5 Å². The molecule has 0 saturated carbocycles. The van der Waals surface area contributed by atoms with Crippen molar-refractivity contribution in [1.29, 1.82) is 0 Å². The molecule has 1 aromatic heterocycles. The second-order valence-electron chi connectivity index (χ2n) is 9.45. The number of aryl methyl sites for hydroxylation is 2. The number of nitrogens with zero attached hydrogens (tertiary/aromatic N) is 4. The van der Waals surface area contributed by atoms with Gasteiger partial charge in [0.05, 0.1) is 6.54 Å². The highest BCUT2D eigenvalue weighted by Crippen LogP contribution is 2.29. The van der Waals surface area contributed by atoms with Gasteiger partial charge in [-0.2, -0.15) is 13.9 Å². The molecular weight excluding hydrogens is 530 g/mol. The average Bonchev–Trinajstić information content (AvgIpc) is 3.12. The number of likely N-dealkylation sites (tertiary alicyclic amines) is 1. The summed E-state index contributed by atoms with van der Waals surface area (Å²) < 4.78 is 33.9. The fourth-order valence-electron chi connectivity index (χ4n) is 4.85. The van der Waals surface area contributed by atoms with Crippen LogP contribution in [0.15, 0.2) is 57.8 Å². The van der Waals surface area contributed by atoms with Gasteiger partial charge in [-0.15, -0.1) is 0 Å². The van der Waals surface area contributed by atoms with E-state index in [1.807, 2.05) is 37.3 Å². The van der Waals surface area contributed by atoms with Crippen molar-refractivity contribution >= 4 is 15.9 Å². The summed E-state index contributed by atoms with van der Waals surface area (Å²) in [5.74, 6) is 1.47. The van der Waals surface area contributed by atoms with E-state index in [4.69, 9.17) is 0 Å². The van der Waals surface area contributed by atoms with Crippen LogP contribution in [0, 0.1) is 12.8 Å². The smallest absolute Gasteiger partial charge is 0.387 e. The minimum Gasteiger partial charge on any atom is -0.435 e. The zero-order chi connectivity index (χ0) is 25.5. The Morgan fingerprint density at radius 3 is 2.53 bits per heavy atom. The summed E-state index contributed by atoms with van der Waals surface area (Å²) in [6, 6.07) is 15.0. The summed E-state index contributed by atoms with van der Waals surface area (Å²) in [6.07, 6.45) is 4.93. The summed E-state index contributed by atoms with van der Waals surface area (Å²) in [4.78, 5) is 15.3. The van der Waals surface area contributed by atoms with E-state index in [-0.39, 0.29) is 11.4 Å². The van der Waals surface area contributed by atoms with Crippen molar-refractivity contribution in [3.05, 3.63) is 80.4 Å². The van der Waals surface area contributed by atoms with E-state index < -0.39 is 6.61 Å². The predicted molar refractivity (Wildman–Crippen MR) is 140 cm³/mol. The third-order valence-corrected chi connectivity index (χ3v) is 7.62. The Labute approximate surface area is 219 Å². The van der Waals surface area contributed by atoms with E-state index in [9.17, 15) is 13.6 Å². The first-order valence-electron chi connectivity index (χ1n) is 12.5. The molecule has 1 fully saturated rings. The Kier molecular flexibility index (Phi) is 9.31. The van der Waals surface area contributed by atoms with Gasteiger partial charge in [-0.1, -0.05) is 46.3 Å². The van der Waals surface area contributed by atoms with Crippen LogP contribution in [0.5, 0.6) is 5.75 Å². The quantitative estimate of drug-likeness (QED) is 0.289. The lowest BCUT2D eigenvalue weighted by atomic mass is 9.90. The SMILES string of the molecule is Cc1nn(CCCCN2CCC(Cc3cc(OC(F)F)ccc3Br)CC2)c(=O)n1Cc1ccccc1. The molecule has 9 heteroatoms. The highest BCUT2D eigenvalue weighted by Gasteiger charge is 2.20. The van der Waals surface area contributed by atoms with E-state index in [1.165, 1.54) is 0 Å². The summed E-state index contributed by atoms with van der Waals surface area (Å²) in [7, 11) is 0. The molecule has 0 amide bonds. The van der Waals surface area contributed by atoms with Gasteiger partial charge in [0.15, 0.2) is 0 Å². The molecule has 4 rings (SSSR count). The zero-order valence-corrected chi connectivity index (χ0v) is 22.2. The maximum Gasteiger partial charge on any atom is 0.387 e. The van der Waals surface area contributed by atoms with Crippen molar-refractivity contribution in [2.45, 2.75) is 58.7 Å². The van der Waals surface area contributed by atoms with Crippen LogP contribution >= 0.6 is 15.9 Å². The Balaban J connectivity index is 1.19. The molecule has 0 unspecified atom stereocenters. The number of aromatic nitrogens is 3. The molecule has 3 aromatic rings. The van der Waals surface area contributed by atoms with Gasteiger partial charge in [-0.25, -0.2) is 9.48 Å². The molecule has 36 heavy (non-hydrogen) atoms. The van der Waals surface area contributed by atoms with Gasteiger partial charge in [0, 0.05) is 11.0 Å². The molecule has 0 N–H and O–H groups in total. The van der Waals surface area contributed by atoms with Crippen molar-refractivity contribution < 1.29 is 13.5 Å². The van der Waals surface area contributed by atoms with E-state index in [1.54, 1.807) is 27.4 Å². The van der Waals surface area contributed by atoms with Crippen LogP contribution in [0.4, 0.5) is 8.78 Å². The van der Waals surface area contributed by atoms with Crippen molar-refractivity contribution in [2.75, 3.05) is 19.6 Å². The van der Waals surface area contributed by atoms with Crippen LogP contribution in [0.2, 0.25) is 0 Å². The molecular formula is C27H33BrF2N4O2. The lowest BCUT2D eigenvalue weighted by Gasteiger charge is -2.32. The minimum absolute atomic E-state index is 0.0497. The predicted octanol–water partition coefficient (Wildman–Crippen LogP) is 5.50. The number of alkyl halides is 2. The molecule has 1 saturated heterocycles. The average molecular weight is 563 g/mol. The Hall–Kier alpha value is -2.52. The first kappa shape index (κ1) is 26.5. The summed E-state index contributed by atoms with van der Waals surface area (Å²) in [5.41, 5.74) is 2.05. The molecule has 6 nitrogen and oxygen atoms in total. The van der Waals surface area contributed by atoms with Crippen LogP contribution in [0.1, 0.15) is 42.6 Å². The monoisotopic (exact) mass is 562 g/mol. The van der Waals surface area contributed by atoms with Gasteiger partial charge in [-0.3, -0.25) is 4.57 Å². The van der Waals surface area contributed by atoms with Crippen LogP contribution in [0.25, 0.3) is 0 Å². The first-order valence-corrected chi connectivity index (χ1v) is 13.3. The number of benzene rings is 2. The largest absolute Gasteiger partial charge is 0.435 e. The normalized spacial score (nSPS) is 15.0. The molecule has 1 aliphatic rings. The summed E-state index contributed by atoms with van der Waals surface area (Å²) >= 11 is 3.54. The molecule has 1 aliphatic heterocycles. The number of piperidine rings is 1. The third kappa shape index (κ3) is 7.26. The number of unbranched alkanes of at least 4 members (excludes halogenated alkanes) is 1. The van der Waals surface area contributed by atoms with Crippen LogP contribution in [0.3, 0.4) is 0 Å². The standard InChI is InChI=1S/C27H33BrF2N4O2/c1-20-31-34(27(35)33(20)19-22-7-3-2-4-8-22)14-6-5-13-32-15-11-21(12-16-32)17-23-18-24(36-26(29)30)9-10-25(23)28/h2-4,7-10,18,21,26H,5-6,11-17,19H2,1H3. The van der Waals surface area contributed by atoms with Gasteiger partial charge < -0.3 is 9.64 Å². The van der Waals surface area contributed by atoms with Crippen LogP contribution < -0.4 is 10.4 Å². The number of hydrogen-bond acceptors (Lipinski definition) is 4. The van der Waals surface area contributed by atoms with Crippen LogP contribution in [-0.2, 0) is 19.5 Å². The maximum atomic E-state index is 12.8. The number of rotatable bonds is 11. The fraction of sp³-hybridized carbons (Fsp3) is 0.481. The van der Waals surface area contributed by atoms with Crippen molar-refractivity contribution in [3.8, 4) is 5.75 Å². The van der Waals surface area contributed by atoms with E-state index in [2.05, 4.69) is 30.7 Å². The Morgan fingerprint density at radius 2 is 1.81 bits per heavy atom. The molecule has 0 spiro atoms. The van der Waals surface area contributed by atoms with Crippen molar-refractivity contribution in [2.24, 2.45) is 5.92 Å². The molecule has 0 radical (unpaired) electrons. The van der Waals surface area contributed by atoms with Gasteiger partial charge in [0.1, 0.15) is 11.6 Å². The topological polar surface area (TPSA) is 52.3 Å². The second kappa shape index (κ2) is 12.6. The highest BCUT2D eigenvalue weighted by atomic mass is 79.9. The van der Waals surface area contributed by atoms with Gasteiger partial charge in [0.25, 0.3) is 0 Å². The second-order valence-corrected chi connectivity index (χ2v) is 10.3. The number of halogens is 3. The number of hydrogen-bond donors (Lipinski definition) is 0. The van der Waals surface area contributed by atoms with Crippen molar-refractivity contribution in [3.63, 3.8) is 0 Å². The molecule has 0 aliphatic carbocycles. The molecule has 2 heterocycles. The molecule has 2 aromatic carbocycles. The van der Waals surface area contributed by atoms with E-state index >= 15 is 0 Å². The van der Waals surface area contributed by atoms with Gasteiger partial charge in [-0.05, 0) is 93.9 Å². The maximum absolute atomic E-state index is 12.8. The van der Waals surface area contributed by atoms with Gasteiger partial charge >= 0.3 is 12.3 Å². The van der Waals surface area contributed by atoms with E-state index in [0.717, 1.165) is 73.2 Å². The summed E-state index contributed by atoms with van der Waals surface area (Å²) in [6.45, 7) is 3.30. The van der Waals surface area contributed by atoms with E-state index in [0.29, 0.717) is 19.0 Å². The fourth-order valence-corrected chi connectivity index (χ4v) is 5.26. The lowest BCUT2D eigenvalue weighted by molar-refractivity contribution is -0.0499. The Bertz CT molecular complexity index is 1170. The molecule has 0 atom stereocenters. The highest BCUT2D eigenvalue weighted by molar-refractivity contribution is 9.10. The first-order chi connectivity index (χ1) is 17.4. The number of ether oxygens (including phenoxy) is 1. The minimum atomic E-state index is -2.81. The van der Waals surface area contributed by atoms with Gasteiger partial charge in [0.2, 0.25) is 0 Å².